The molecule has 0 aliphatic heterocycles. The van der Waals surface area contributed by atoms with E-state index in [2.05, 4.69) is 52.1 Å². The molecule has 0 saturated carbocycles. The molecule has 112 valence electrons. The maximum Gasteiger partial charge on any atom is 0.133 e. The molecule has 2 aromatic carbocycles. The van der Waals surface area contributed by atoms with Crippen LogP contribution < -0.4 is 10.1 Å². The fourth-order valence-electron chi connectivity index (χ4n) is 2.35. The first-order valence-corrected chi connectivity index (χ1v) is 7.38. The van der Waals surface area contributed by atoms with Gasteiger partial charge in [-0.2, -0.15) is 0 Å². The van der Waals surface area contributed by atoms with Crippen molar-refractivity contribution in [3.8, 4) is 11.5 Å². The fraction of sp³-hybridized carbons (Fsp3) is 0.368. The number of anilines is 1. The van der Waals surface area contributed by atoms with Crippen LogP contribution in [-0.2, 0) is 5.41 Å². The van der Waals surface area contributed by atoms with Crippen molar-refractivity contribution in [3.05, 3.63) is 53.1 Å². The fourth-order valence-corrected chi connectivity index (χ4v) is 2.35. The first-order valence-electron chi connectivity index (χ1n) is 7.38. The van der Waals surface area contributed by atoms with Crippen LogP contribution >= 0.6 is 0 Å². The van der Waals surface area contributed by atoms with Crippen LogP contribution in [0.25, 0.3) is 0 Å². The predicted molar refractivity (Wildman–Crippen MR) is 90.7 cm³/mol. The summed E-state index contributed by atoms with van der Waals surface area (Å²) in [6, 6.07) is 12.5. The van der Waals surface area contributed by atoms with Crippen LogP contribution in [0.3, 0.4) is 0 Å². The van der Waals surface area contributed by atoms with Crippen LogP contribution in [0.4, 0.5) is 5.69 Å². The molecule has 0 aliphatic rings. The van der Waals surface area contributed by atoms with Crippen LogP contribution in [0, 0.1) is 13.8 Å². The van der Waals surface area contributed by atoms with Crippen molar-refractivity contribution in [2.45, 2.75) is 40.0 Å². The Morgan fingerprint density at radius 1 is 0.905 bits per heavy atom. The van der Waals surface area contributed by atoms with E-state index in [0.29, 0.717) is 0 Å². The molecular weight excluding hydrogens is 258 g/mol. The number of ether oxygens (including phenoxy) is 1. The van der Waals surface area contributed by atoms with Crippen LogP contribution in [0.1, 0.15) is 37.5 Å². The topological polar surface area (TPSA) is 21.3 Å². The molecule has 0 radical (unpaired) electrons. The highest BCUT2D eigenvalue weighted by molar-refractivity contribution is 5.50. The quantitative estimate of drug-likeness (QED) is 0.810. The van der Waals surface area contributed by atoms with Crippen LogP contribution in [-0.4, -0.2) is 7.05 Å². The molecule has 21 heavy (non-hydrogen) atoms. The van der Waals surface area contributed by atoms with Gasteiger partial charge in [-0.25, -0.2) is 0 Å². The summed E-state index contributed by atoms with van der Waals surface area (Å²) in [6.45, 7) is 10.9. The van der Waals surface area contributed by atoms with Gasteiger partial charge in [0.25, 0.3) is 0 Å². The smallest absolute Gasteiger partial charge is 0.133 e. The molecule has 0 amide bonds. The number of hydrogen-bond donors (Lipinski definition) is 1. The molecule has 0 atom stereocenters. The summed E-state index contributed by atoms with van der Waals surface area (Å²) in [4.78, 5) is 0. The summed E-state index contributed by atoms with van der Waals surface area (Å²) in [6.07, 6.45) is 0. The van der Waals surface area contributed by atoms with Gasteiger partial charge < -0.3 is 10.1 Å². The van der Waals surface area contributed by atoms with Gasteiger partial charge in [0, 0.05) is 12.7 Å². The first-order chi connectivity index (χ1) is 9.81. The van der Waals surface area contributed by atoms with Gasteiger partial charge in [0.15, 0.2) is 0 Å². The maximum atomic E-state index is 6.08. The normalized spacial score (nSPS) is 11.3. The number of rotatable bonds is 3. The monoisotopic (exact) mass is 283 g/mol. The van der Waals surface area contributed by atoms with Gasteiger partial charge in [-0.15, -0.1) is 0 Å². The molecule has 1 N–H and O–H groups in total. The zero-order valence-corrected chi connectivity index (χ0v) is 13.9. The molecule has 0 fully saturated rings. The Bertz CT molecular complexity index is 598. The van der Waals surface area contributed by atoms with E-state index in [1.54, 1.807) is 0 Å². The van der Waals surface area contributed by atoms with Crippen LogP contribution in [0.2, 0.25) is 0 Å². The lowest BCUT2D eigenvalue weighted by Gasteiger charge is -2.22. The number of nitrogens with one attached hydrogen (secondary N) is 1. The third-order valence-electron chi connectivity index (χ3n) is 3.69. The van der Waals surface area contributed by atoms with Crippen LogP contribution in [0.15, 0.2) is 36.4 Å². The molecule has 2 heteroatoms. The van der Waals surface area contributed by atoms with E-state index in [9.17, 15) is 0 Å². The van der Waals surface area contributed by atoms with Crippen molar-refractivity contribution in [2.24, 2.45) is 0 Å². The van der Waals surface area contributed by atoms with Gasteiger partial charge in [0.1, 0.15) is 11.5 Å². The zero-order chi connectivity index (χ0) is 15.6. The molecule has 0 unspecified atom stereocenters. The largest absolute Gasteiger partial charge is 0.457 e. The lowest BCUT2D eigenvalue weighted by molar-refractivity contribution is 0.473. The molecule has 2 rings (SSSR count). The van der Waals surface area contributed by atoms with Gasteiger partial charge in [-0.1, -0.05) is 32.9 Å². The Morgan fingerprint density at radius 3 is 1.86 bits per heavy atom. The molecular formula is C19H25NO. The molecule has 0 heterocycles. The Balaban J connectivity index is 2.31. The summed E-state index contributed by atoms with van der Waals surface area (Å²) in [7, 11) is 1.91. The highest BCUT2D eigenvalue weighted by Gasteiger charge is 2.17. The highest BCUT2D eigenvalue weighted by atomic mass is 16.5. The van der Waals surface area contributed by atoms with E-state index in [4.69, 9.17) is 4.74 Å². The van der Waals surface area contributed by atoms with E-state index < -0.39 is 0 Å². The van der Waals surface area contributed by atoms with E-state index in [1.165, 1.54) is 16.7 Å². The summed E-state index contributed by atoms with van der Waals surface area (Å²) < 4.78 is 6.08. The minimum atomic E-state index is 0.155. The standard InChI is InChI=1S/C19H25NO/c1-13-11-15(19(3,4)5)12-14(2)18(13)21-17-9-7-16(20-6)8-10-17/h7-12,20H,1-6H3. The molecule has 0 bridgehead atoms. The van der Waals surface area contributed by atoms with E-state index in [0.717, 1.165) is 17.2 Å². The second kappa shape index (κ2) is 5.80. The average Bonchev–Trinajstić information content (AvgIpc) is 2.42. The third-order valence-corrected chi connectivity index (χ3v) is 3.69. The SMILES string of the molecule is CNc1ccc(Oc2c(C)cc(C(C)(C)C)cc2C)cc1. The predicted octanol–water partition coefficient (Wildman–Crippen LogP) is 5.43. The number of aryl methyl sites for hydroxylation is 2. The van der Waals surface area contributed by atoms with Crippen molar-refractivity contribution in [3.63, 3.8) is 0 Å². The summed E-state index contributed by atoms with van der Waals surface area (Å²) in [5.74, 6) is 1.82. The van der Waals surface area contributed by atoms with Crippen molar-refractivity contribution in [1.29, 1.82) is 0 Å². The second-order valence-corrected chi connectivity index (χ2v) is 6.57. The molecule has 0 spiro atoms. The van der Waals surface area contributed by atoms with Crippen molar-refractivity contribution in [2.75, 3.05) is 12.4 Å². The number of benzene rings is 2. The summed E-state index contributed by atoms with van der Waals surface area (Å²) >= 11 is 0. The zero-order valence-electron chi connectivity index (χ0n) is 13.9. The molecule has 2 nitrogen and oxygen atoms in total. The average molecular weight is 283 g/mol. The molecule has 0 saturated heterocycles. The van der Waals surface area contributed by atoms with Crippen molar-refractivity contribution in [1.82, 2.24) is 0 Å². The maximum absolute atomic E-state index is 6.08. The van der Waals surface area contributed by atoms with E-state index in [-0.39, 0.29) is 5.41 Å². The van der Waals surface area contributed by atoms with Gasteiger partial charge in [0.2, 0.25) is 0 Å². The Morgan fingerprint density at radius 2 is 1.43 bits per heavy atom. The van der Waals surface area contributed by atoms with Gasteiger partial charge in [-0.05, 0) is 60.2 Å². The lowest BCUT2D eigenvalue weighted by atomic mass is 9.85. The number of hydrogen-bond acceptors (Lipinski definition) is 2. The summed E-state index contributed by atoms with van der Waals surface area (Å²) in [5.41, 5.74) is 4.94. The minimum Gasteiger partial charge on any atom is -0.457 e. The first kappa shape index (κ1) is 15.4. The Hall–Kier alpha value is -1.96. The van der Waals surface area contributed by atoms with Gasteiger partial charge in [-0.3, -0.25) is 0 Å². The molecule has 0 aliphatic carbocycles. The highest BCUT2D eigenvalue weighted by Crippen LogP contribution is 2.33. The lowest BCUT2D eigenvalue weighted by Crippen LogP contribution is -2.12. The van der Waals surface area contributed by atoms with Gasteiger partial charge >= 0.3 is 0 Å². The minimum absolute atomic E-state index is 0.155. The third kappa shape index (κ3) is 3.57. The second-order valence-electron chi connectivity index (χ2n) is 6.57. The van der Waals surface area contributed by atoms with Crippen molar-refractivity contribution < 1.29 is 4.74 Å². The van der Waals surface area contributed by atoms with E-state index >= 15 is 0 Å². The van der Waals surface area contributed by atoms with Gasteiger partial charge in [0.05, 0.1) is 0 Å². The molecule has 2 aromatic rings. The van der Waals surface area contributed by atoms with Crippen LogP contribution in [0.5, 0.6) is 11.5 Å². The molecule has 0 aromatic heterocycles. The Kier molecular flexibility index (Phi) is 4.26. The van der Waals surface area contributed by atoms with E-state index in [1.807, 2.05) is 31.3 Å². The summed E-state index contributed by atoms with van der Waals surface area (Å²) in [5, 5.41) is 3.11. The Labute approximate surface area is 128 Å². The van der Waals surface area contributed by atoms with Crippen molar-refractivity contribution >= 4 is 5.69 Å².